The zero-order chi connectivity index (χ0) is 54.1. The second kappa shape index (κ2) is 19.6. The molecule has 7 aromatic carbocycles. The van der Waals surface area contributed by atoms with Gasteiger partial charge in [-0.05, 0) is 144 Å². The molecule has 5 nitrogen and oxygen atoms in total. The molecule has 10 rings (SSSR count). The standard InChI is InChI=1S/C71H78N4O/c1-46(2)59-27-22-28-60(47(3)4)67(59)49-35-55(73-44-65(48-23-18-16-19-24-48)74(45-73)56-38-53(69(8,9)10)37-54(39-56)70(11,12)13)42-58(36-49)76-57-30-31-61-62-40-51(68(5,6)7)29-32-63(62)75(64(61)43-57)66-41-52(33-34-72-66)71(14,15)50-25-20-17-21-26-50/h16-44,46-47H,45H2,1-15H3. The summed E-state index contributed by atoms with van der Waals surface area (Å²) in [7, 11) is 0. The van der Waals surface area contributed by atoms with Gasteiger partial charge < -0.3 is 14.5 Å². The number of benzene rings is 7. The van der Waals surface area contributed by atoms with Gasteiger partial charge in [-0.1, -0.05) is 195 Å². The third-order valence-electron chi connectivity index (χ3n) is 15.8. The Morgan fingerprint density at radius 1 is 0.461 bits per heavy atom. The van der Waals surface area contributed by atoms with Crippen LogP contribution >= 0.6 is 0 Å². The Hall–Kier alpha value is -7.37. The van der Waals surface area contributed by atoms with E-state index in [1.807, 2.05) is 6.20 Å². The summed E-state index contributed by atoms with van der Waals surface area (Å²) >= 11 is 0. The first-order valence-electron chi connectivity index (χ1n) is 27.5. The monoisotopic (exact) mass is 1000 g/mol. The third kappa shape index (κ3) is 10.1. The number of hydrogen-bond acceptors (Lipinski definition) is 4. The Balaban J connectivity index is 1.15. The van der Waals surface area contributed by atoms with Crippen molar-refractivity contribution in [2.75, 3.05) is 16.5 Å². The lowest BCUT2D eigenvalue weighted by Gasteiger charge is -2.30. The Morgan fingerprint density at radius 3 is 1.71 bits per heavy atom. The molecule has 0 saturated heterocycles. The van der Waals surface area contributed by atoms with Crippen molar-refractivity contribution >= 4 is 38.9 Å². The second-order valence-corrected chi connectivity index (χ2v) is 25.5. The molecule has 0 unspecified atom stereocenters. The van der Waals surface area contributed by atoms with Gasteiger partial charge in [-0.2, -0.15) is 0 Å². The van der Waals surface area contributed by atoms with Gasteiger partial charge in [0, 0.05) is 52.1 Å². The van der Waals surface area contributed by atoms with Crippen molar-refractivity contribution in [3.8, 4) is 28.4 Å². The molecule has 9 aromatic rings. The molecule has 0 bridgehead atoms. The molecule has 0 N–H and O–H groups in total. The van der Waals surface area contributed by atoms with Crippen LogP contribution in [0.25, 0.3) is 44.4 Å². The maximum atomic E-state index is 7.28. The lowest BCUT2D eigenvalue weighted by atomic mass is 9.78. The zero-order valence-electron chi connectivity index (χ0n) is 47.8. The van der Waals surface area contributed by atoms with Gasteiger partial charge in [0.2, 0.25) is 0 Å². The van der Waals surface area contributed by atoms with E-state index >= 15 is 0 Å². The fourth-order valence-corrected chi connectivity index (χ4v) is 11.0. The van der Waals surface area contributed by atoms with Gasteiger partial charge in [0.25, 0.3) is 0 Å². The van der Waals surface area contributed by atoms with Crippen molar-refractivity contribution in [3.63, 3.8) is 0 Å². The molecule has 2 aromatic heterocycles. The van der Waals surface area contributed by atoms with Crippen LogP contribution in [0, 0.1) is 0 Å². The van der Waals surface area contributed by atoms with Gasteiger partial charge in [0.15, 0.2) is 0 Å². The van der Waals surface area contributed by atoms with Crippen molar-refractivity contribution in [2.24, 2.45) is 0 Å². The Kier molecular flexibility index (Phi) is 13.5. The van der Waals surface area contributed by atoms with E-state index in [-0.39, 0.29) is 21.7 Å². The van der Waals surface area contributed by atoms with Gasteiger partial charge in [-0.3, -0.25) is 4.57 Å². The van der Waals surface area contributed by atoms with Crippen LogP contribution < -0.4 is 14.5 Å². The normalized spacial score (nSPS) is 13.7. The Morgan fingerprint density at radius 2 is 1.09 bits per heavy atom. The van der Waals surface area contributed by atoms with Crippen molar-refractivity contribution in [2.45, 2.75) is 137 Å². The number of ether oxygens (including phenoxy) is 1. The smallest absolute Gasteiger partial charge is 0.137 e. The highest BCUT2D eigenvalue weighted by molar-refractivity contribution is 6.10. The summed E-state index contributed by atoms with van der Waals surface area (Å²) in [6.45, 7) is 35.2. The SMILES string of the molecule is CC(C)c1cccc(C(C)C)c1-c1cc(Oc2ccc3c4cc(C(C)(C)C)ccc4n(-c4cc(C(C)(C)c5ccccc5)ccn4)c3c2)cc(N2C=C(c3ccccc3)N(c3cc(C(C)(C)C)cc(C(C)(C)C)c3)C2)c1. The van der Waals surface area contributed by atoms with Crippen LogP contribution in [0.5, 0.6) is 11.5 Å². The minimum Gasteiger partial charge on any atom is -0.457 e. The predicted octanol–water partition coefficient (Wildman–Crippen LogP) is 19.4. The molecular weight excluding hydrogens is 925 g/mol. The largest absolute Gasteiger partial charge is 0.457 e. The highest BCUT2D eigenvalue weighted by Gasteiger charge is 2.30. The first-order chi connectivity index (χ1) is 35.9. The van der Waals surface area contributed by atoms with Gasteiger partial charge in [0.05, 0.1) is 23.4 Å². The summed E-state index contributed by atoms with van der Waals surface area (Å²) in [5.74, 6) is 3.04. The first-order valence-corrected chi connectivity index (χ1v) is 27.5. The molecular formula is C71H78N4O. The van der Waals surface area contributed by atoms with Crippen molar-refractivity contribution in [1.82, 2.24) is 9.55 Å². The molecule has 5 heteroatoms. The van der Waals surface area contributed by atoms with Crippen LogP contribution in [0.15, 0.2) is 176 Å². The molecule has 1 aliphatic heterocycles. The van der Waals surface area contributed by atoms with Gasteiger partial charge >= 0.3 is 0 Å². The summed E-state index contributed by atoms with van der Waals surface area (Å²) < 4.78 is 9.62. The summed E-state index contributed by atoms with van der Waals surface area (Å²) in [6.07, 6.45) is 4.30. The lowest BCUT2D eigenvalue weighted by molar-refractivity contribution is 0.483. The van der Waals surface area contributed by atoms with Crippen LogP contribution in [0.3, 0.4) is 0 Å². The minimum atomic E-state index is -0.243. The van der Waals surface area contributed by atoms with Gasteiger partial charge in [-0.15, -0.1) is 0 Å². The topological polar surface area (TPSA) is 33.5 Å². The number of anilines is 2. The molecule has 0 spiro atoms. The van der Waals surface area contributed by atoms with Crippen LogP contribution in [-0.4, -0.2) is 16.2 Å². The molecule has 0 radical (unpaired) electrons. The maximum absolute atomic E-state index is 7.28. The minimum absolute atomic E-state index is 0.0227. The number of pyridine rings is 1. The van der Waals surface area contributed by atoms with E-state index in [1.165, 1.54) is 61.1 Å². The summed E-state index contributed by atoms with van der Waals surface area (Å²) in [4.78, 5) is 10.0. The van der Waals surface area contributed by atoms with E-state index in [1.54, 1.807) is 0 Å². The lowest BCUT2D eigenvalue weighted by Crippen LogP contribution is -2.27. The van der Waals surface area contributed by atoms with E-state index in [0.29, 0.717) is 18.5 Å². The third-order valence-corrected chi connectivity index (χ3v) is 15.8. The Bertz CT molecular complexity index is 3570. The fraction of sp³-hybridized carbons (Fsp3) is 0.310. The zero-order valence-corrected chi connectivity index (χ0v) is 47.8. The molecule has 0 amide bonds. The number of aromatic nitrogens is 2. The predicted molar refractivity (Wildman–Crippen MR) is 324 cm³/mol. The van der Waals surface area contributed by atoms with E-state index in [0.717, 1.165) is 50.7 Å². The van der Waals surface area contributed by atoms with Crippen molar-refractivity contribution < 1.29 is 4.74 Å². The molecule has 76 heavy (non-hydrogen) atoms. The quantitative estimate of drug-likeness (QED) is 0.129. The molecule has 0 fully saturated rings. The Labute approximate surface area is 453 Å². The highest BCUT2D eigenvalue weighted by atomic mass is 16.5. The average molecular weight is 1000 g/mol. The molecule has 1 aliphatic rings. The van der Waals surface area contributed by atoms with Crippen LogP contribution in [-0.2, 0) is 21.7 Å². The maximum Gasteiger partial charge on any atom is 0.137 e. The summed E-state index contributed by atoms with van der Waals surface area (Å²) in [6, 6.07) is 60.5. The van der Waals surface area contributed by atoms with Gasteiger partial charge in [0.1, 0.15) is 17.3 Å². The summed E-state index contributed by atoms with van der Waals surface area (Å²) in [5, 5.41) is 2.35. The van der Waals surface area contributed by atoms with Crippen LogP contribution in [0.1, 0.15) is 160 Å². The average Bonchev–Trinajstić information content (AvgIpc) is 4.00. The first kappa shape index (κ1) is 52.1. The number of hydrogen-bond donors (Lipinski definition) is 0. The van der Waals surface area contributed by atoms with Crippen LogP contribution in [0.2, 0.25) is 0 Å². The van der Waals surface area contributed by atoms with Crippen LogP contribution in [0.4, 0.5) is 11.4 Å². The van der Waals surface area contributed by atoms with Crippen molar-refractivity contribution in [1.29, 1.82) is 0 Å². The van der Waals surface area contributed by atoms with E-state index in [9.17, 15) is 0 Å². The molecule has 0 atom stereocenters. The summed E-state index contributed by atoms with van der Waals surface area (Å²) in [5.41, 5.74) is 17.9. The van der Waals surface area contributed by atoms with E-state index in [2.05, 4.69) is 288 Å². The number of rotatable bonds is 11. The second-order valence-electron chi connectivity index (χ2n) is 25.5. The highest BCUT2D eigenvalue weighted by Crippen LogP contribution is 2.45. The number of nitrogens with zero attached hydrogens (tertiary/aromatic N) is 4. The number of fused-ring (bicyclic) bond motifs is 3. The molecule has 0 aliphatic carbocycles. The fourth-order valence-electron chi connectivity index (χ4n) is 11.0. The molecule has 388 valence electrons. The van der Waals surface area contributed by atoms with Crippen molar-refractivity contribution in [3.05, 3.63) is 221 Å². The van der Waals surface area contributed by atoms with E-state index < -0.39 is 0 Å². The van der Waals surface area contributed by atoms with E-state index in [4.69, 9.17) is 9.72 Å². The molecule has 3 heterocycles. The molecule has 0 saturated carbocycles. The van der Waals surface area contributed by atoms with Gasteiger partial charge in [-0.25, -0.2) is 4.98 Å².